The quantitative estimate of drug-likeness (QED) is 0.863. The molecule has 4 nitrogen and oxygen atoms in total. The molecule has 0 saturated heterocycles. The van der Waals surface area contributed by atoms with Crippen LogP contribution in [0.1, 0.15) is 5.56 Å². The molecule has 21 heavy (non-hydrogen) atoms. The van der Waals surface area contributed by atoms with E-state index in [4.69, 9.17) is 9.84 Å². The van der Waals surface area contributed by atoms with Gasteiger partial charge in [-0.05, 0) is 23.3 Å². The molecule has 1 aliphatic rings. The Morgan fingerprint density at radius 2 is 2.05 bits per heavy atom. The van der Waals surface area contributed by atoms with Gasteiger partial charge in [0.15, 0.2) is 0 Å². The Bertz CT molecular complexity index is 664. The first-order valence-electron chi connectivity index (χ1n) is 6.24. The van der Waals surface area contributed by atoms with Crippen LogP contribution in [0.25, 0.3) is 0 Å². The van der Waals surface area contributed by atoms with E-state index < -0.39 is 11.9 Å². The maximum absolute atomic E-state index is 12.9. The number of ether oxygens (including phenoxy) is 1. The summed E-state index contributed by atoms with van der Waals surface area (Å²) in [6, 6.07) is 5.92. The first kappa shape index (κ1) is 14.8. The number of allylic oxidation sites excluding steroid dienone is 3. The van der Waals surface area contributed by atoms with Crippen molar-refractivity contribution < 1.29 is 23.8 Å². The molecule has 1 unspecified atom stereocenters. The standard InChI is InChI=1S/C16H13FO4/c1-21-15-11(8-10-2-5-12(17)6-3-10)4-7-13(16(19)20)14(15)9-18/h2-7,13H,8H2,1H3,(H,19,20). The number of hydrogen-bond acceptors (Lipinski definition) is 3. The van der Waals surface area contributed by atoms with Crippen LogP contribution in [-0.4, -0.2) is 24.1 Å². The molecule has 108 valence electrons. The van der Waals surface area contributed by atoms with Gasteiger partial charge in [0.2, 0.25) is 0 Å². The second-order valence-corrected chi connectivity index (χ2v) is 4.55. The van der Waals surface area contributed by atoms with Crippen molar-refractivity contribution in [1.82, 2.24) is 0 Å². The average Bonchev–Trinajstić information content (AvgIpc) is 2.48. The Morgan fingerprint density at radius 1 is 1.38 bits per heavy atom. The van der Waals surface area contributed by atoms with Gasteiger partial charge in [-0.25, -0.2) is 9.18 Å². The van der Waals surface area contributed by atoms with Gasteiger partial charge in [-0.15, -0.1) is 0 Å². The molecule has 5 heteroatoms. The van der Waals surface area contributed by atoms with E-state index in [0.29, 0.717) is 12.0 Å². The number of halogens is 1. The summed E-state index contributed by atoms with van der Waals surface area (Å²) < 4.78 is 18.1. The largest absolute Gasteiger partial charge is 0.495 e. The highest BCUT2D eigenvalue weighted by Gasteiger charge is 2.29. The Morgan fingerprint density at radius 3 is 2.57 bits per heavy atom. The molecule has 1 aromatic carbocycles. The van der Waals surface area contributed by atoms with E-state index >= 15 is 0 Å². The third kappa shape index (κ3) is 3.09. The van der Waals surface area contributed by atoms with Crippen molar-refractivity contribution in [2.75, 3.05) is 7.11 Å². The molecule has 0 aromatic heterocycles. The van der Waals surface area contributed by atoms with E-state index in [9.17, 15) is 14.0 Å². The number of benzene rings is 1. The number of carbonyl (C=O) groups excluding carboxylic acids is 1. The van der Waals surface area contributed by atoms with Crippen molar-refractivity contribution in [3.8, 4) is 0 Å². The Labute approximate surface area is 120 Å². The fraction of sp³-hybridized carbons (Fsp3) is 0.188. The molecular weight excluding hydrogens is 275 g/mol. The number of carbonyl (C=O) groups is 1. The zero-order valence-corrected chi connectivity index (χ0v) is 11.3. The molecule has 2 rings (SSSR count). The van der Waals surface area contributed by atoms with E-state index in [1.165, 1.54) is 25.3 Å². The third-order valence-electron chi connectivity index (χ3n) is 3.23. The third-order valence-corrected chi connectivity index (χ3v) is 3.23. The minimum atomic E-state index is -1.14. The molecule has 0 aliphatic heterocycles. The molecule has 0 bridgehead atoms. The number of carboxylic acids is 1. The second-order valence-electron chi connectivity index (χ2n) is 4.55. The van der Waals surface area contributed by atoms with Crippen molar-refractivity contribution >= 4 is 11.9 Å². The van der Waals surface area contributed by atoms with Gasteiger partial charge in [0, 0.05) is 6.42 Å². The van der Waals surface area contributed by atoms with E-state index in [2.05, 4.69) is 0 Å². The van der Waals surface area contributed by atoms with Crippen molar-refractivity contribution in [2.45, 2.75) is 6.42 Å². The molecule has 0 fully saturated rings. The van der Waals surface area contributed by atoms with E-state index in [0.717, 1.165) is 5.56 Å². The summed E-state index contributed by atoms with van der Waals surface area (Å²) in [5.74, 6) is -0.669. The number of aliphatic carboxylic acids is 1. The van der Waals surface area contributed by atoms with Crippen LogP contribution in [0.3, 0.4) is 0 Å². The molecule has 0 amide bonds. The van der Waals surface area contributed by atoms with Crippen LogP contribution >= 0.6 is 0 Å². The zero-order chi connectivity index (χ0) is 15.4. The van der Waals surface area contributed by atoms with Gasteiger partial charge in [0.25, 0.3) is 0 Å². The van der Waals surface area contributed by atoms with Gasteiger partial charge in [0.1, 0.15) is 23.4 Å². The summed E-state index contributed by atoms with van der Waals surface area (Å²) >= 11 is 0. The Balaban J connectivity index is 2.37. The lowest BCUT2D eigenvalue weighted by Gasteiger charge is -2.20. The van der Waals surface area contributed by atoms with Gasteiger partial charge < -0.3 is 9.84 Å². The maximum atomic E-state index is 12.9. The van der Waals surface area contributed by atoms with Crippen molar-refractivity contribution in [2.24, 2.45) is 5.92 Å². The zero-order valence-electron chi connectivity index (χ0n) is 11.3. The molecule has 1 aromatic rings. The molecule has 1 N–H and O–H groups in total. The normalized spacial score (nSPS) is 17.6. The van der Waals surface area contributed by atoms with Crippen molar-refractivity contribution in [3.05, 3.63) is 64.7 Å². The van der Waals surface area contributed by atoms with Gasteiger partial charge in [0.05, 0.1) is 12.7 Å². The van der Waals surface area contributed by atoms with Crippen LogP contribution in [0.4, 0.5) is 4.39 Å². The summed E-state index contributed by atoms with van der Waals surface area (Å²) in [6.07, 6.45) is 3.43. The molecule has 0 spiro atoms. The van der Waals surface area contributed by atoms with Crippen LogP contribution in [0.15, 0.2) is 53.3 Å². The van der Waals surface area contributed by atoms with E-state index in [1.54, 1.807) is 24.2 Å². The first-order chi connectivity index (χ1) is 10.1. The first-order valence-corrected chi connectivity index (χ1v) is 6.24. The van der Waals surface area contributed by atoms with Gasteiger partial charge in [-0.3, -0.25) is 4.79 Å². The minimum Gasteiger partial charge on any atom is -0.495 e. The number of methoxy groups -OCH3 is 1. The lowest BCUT2D eigenvalue weighted by Crippen LogP contribution is -2.20. The Kier molecular flexibility index (Phi) is 4.36. The van der Waals surface area contributed by atoms with Gasteiger partial charge in [-0.2, -0.15) is 0 Å². The highest BCUT2D eigenvalue weighted by molar-refractivity contribution is 5.83. The molecule has 0 radical (unpaired) electrons. The predicted octanol–water partition coefficient (Wildman–Crippen LogP) is 2.30. The summed E-state index contributed by atoms with van der Waals surface area (Å²) in [4.78, 5) is 22.2. The highest BCUT2D eigenvalue weighted by atomic mass is 19.1. The molecule has 0 heterocycles. The van der Waals surface area contributed by atoms with Crippen molar-refractivity contribution in [1.29, 1.82) is 0 Å². The summed E-state index contributed by atoms with van der Waals surface area (Å²) in [5, 5.41) is 9.09. The lowest BCUT2D eigenvalue weighted by molar-refractivity contribution is -0.138. The smallest absolute Gasteiger partial charge is 0.315 e. The Hall–Kier alpha value is -2.65. The number of hydrogen-bond donors (Lipinski definition) is 1. The minimum absolute atomic E-state index is 0.0374. The monoisotopic (exact) mass is 288 g/mol. The van der Waals surface area contributed by atoms with Gasteiger partial charge >= 0.3 is 5.97 Å². The maximum Gasteiger partial charge on any atom is 0.315 e. The summed E-state index contributed by atoms with van der Waals surface area (Å²) in [7, 11) is 1.37. The number of carboxylic acid groups (broad SMARTS) is 1. The molecular formula is C16H13FO4. The topological polar surface area (TPSA) is 63.6 Å². The molecule has 0 saturated carbocycles. The van der Waals surface area contributed by atoms with E-state index in [-0.39, 0.29) is 17.1 Å². The molecule has 1 aliphatic carbocycles. The van der Waals surface area contributed by atoms with Crippen LogP contribution in [0, 0.1) is 11.7 Å². The average molecular weight is 288 g/mol. The van der Waals surface area contributed by atoms with Crippen LogP contribution in [0.2, 0.25) is 0 Å². The lowest BCUT2D eigenvalue weighted by atomic mass is 9.88. The van der Waals surface area contributed by atoms with Crippen LogP contribution in [-0.2, 0) is 20.7 Å². The summed E-state index contributed by atoms with van der Waals surface area (Å²) in [6.45, 7) is 0. The van der Waals surface area contributed by atoms with Crippen LogP contribution in [0.5, 0.6) is 0 Å². The van der Waals surface area contributed by atoms with Crippen molar-refractivity contribution in [3.63, 3.8) is 0 Å². The SMILES string of the molecule is COC1=C(Cc2ccc(F)cc2)C=CC(C(=O)O)C1=C=O. The predicted molar refractivity (Wildman–Crippen MR) is 73.6 cm³/mol. The fourth-order valence-corrected chi connectivity index (χ4v) is 2.22. The number of rotatable bonds is 4. The highest BCUT2D eigenvalue weighted by Crippen LogP contribution is 2.30. The summed E-state index contributed by atoms with van der Waals surface area (Å²) in [5.41, 5.74) is 1.44. The fourth-order valence-electron chi connectivity index (χ4n) is 2.22. The van der Waals surface area contributed by atoms with Crippen LogP contribution < -0.4 is 0 Å². The molecule has 1 atom stereocenters. The van der Waals surface area contributed by atoms with E-state index in [1.807, 2.05) is 0 Å². The second kappa shape index (κ2) is 6.20. The van der Waals surface area contributed by atoms with Gasteiger partial charge in [-0.1, -0.05) is 24.3 Å².